The highest BCUT2D eigenvalue weighted by Gasteiger charge is 2.32. The van der Waals surface area contributed by atoms with Gasteiger partial charge < -0.3 is 15.7 Å². The van der Waals surface area contributed by atoms with Crippen molar-refractivity contribution in [3.05, 3.63) is 11.6 Å². The summed E-state index contributed by atoms with van der Waals surface area (Å²) < 4.78 is 12.3. The van der Waals surface area contributed by atoms with Crippen LogP contribution in [0.5, 0.6) is 0 Å². The van der Waals surface area contributed by atoms with Crippen LogP contribution in [-0.2, 0) is 9.36 Å². The second kappa shape index (κ2) is 7.96. The molecule has 0 heterocycles. The van der Waals surface area contributed by atoms with Crippen LogP contribution in [0.2, 0.25) is 0 Å². The van der Waals surface area contributed by atoms with Gasteiger partial charge in [0.05, 0.1) is 11.9 Å². The molecule has 0 spiro atoms. The van der Waals surface area contributed by atoms with Crippen molar-refractivity contribution in [1.82, 2.24) is 0 Å². The van der Waals surface area contributed by atoms with Gasteiger partial charge in [0, 0.05) is 5.57 Å². The second-order valence-corrected chi connectivity index (χ2v) is 8.15. The zero-order valence-electron chi connectivity index (χ0n) is 12.1. The maximum atomic E-state index is 12.3. The van der Waals surface area contributed by atoms with E-state index >= 15 is 0 Å². The Morgan fingerprint density at radius 3 is 2.50 bits per heavy atom. The number of carboxylic acid groups (broad SMARTS) is 1. The summed E-state index contributed by atoms with van der Waals surface area (Å²) in [5.74, 6) is -1.54. The van der Waals surface area contributed by atoms with Crippen molar-refractivity contribution < 1.29 is 19.4 Å². The first-order valence-electron chi connectivity index (χ1n) is 7.36. The highest BCUT2D eigenvalue weighted by atomic mass is 31.2. The average Bonchev–Trinajstić information content (AvgIpc) is 2.39. The molecule has 0 bridgehead atoms. The summed E-state index contributed by atoms with van der Waals surface area (Å²) in [7, 11) is -3.66. The van der Waals surface area contributed by atoms with Crippen molar-refractivity contribution in [3.63, 3.8) is 0 Å². The Hall–Kier alpha value is -0.640. The molecule has 1 aliphatic rings. The minimum Gasteiger partial charge on any atom is -0.478 e. The van der Waals surface area contributed by atoms with Crippen LogP contribution >= 0.6 is 7.37 Å². The lowest BCUT2D eigenvalue weighted by Gasteiger charge is -2.27. The van der Waals surface area contributed by atoms with Crippen LogP contribution in [0.3, 0.4) is 0 Å². The second-order valence-electron chi connectivity index (χ2n) is 5.66. The lowest BCUT2D eigenvalue weighted by atomic mass is 9.87. The summed E-state index contributed by atoms with van der Waals surface area (Å²) in [4.78, 5) is 21.1. The fourth-order valence-corrected chi connectivity index (χ4v) is 4.37. The third-order valence-electron chi connectivity index (χ3n) is 3.94. The van der Waals surface area contributed by atoms with E-state index in [1.807, 2.05) is 0 Å². The predicted molar refractivity (Wildman–Crippen MR) is 79.9 cm³/mol. The number of aliphatic carboxylic acids is 1. The molecule has 0 aromatic heterocycles. The van der Waals surface area contributed by atoms with E-state index in [4.69, 9.17) is 10.8 Å². The number of carboxylic acids is 1. The molecule has 1 saturated carbocycles. The van der Waals surface area contributed by atoms with Gasteiger partial charge in [-0.15, -0.1) is 0 Å². The van der Waals surface area contributed by atoms with Crippen molar-refractivity contribution in [1.29, 1.82) is 0 Å². The molecule has 1 rings (SSSR count). The van der Waals surface area contributed by atoms with Crippen molar-refractivity contribution >= 4 is 13.3 Å². The molecule has 0 aliphatic heterocycles. The zero-order valence-corrected chi connectivity index (χ0v) is 13.0. The van der Waals surface area contributed by atoms with Gasteiger partial charge in [-0.05, 0) is 18.8 Å². The van der Waals surface area contributed by atoms with Crippen LogP contribution in [0, 0.1) is 5.92 Å². The quantitative estimate of drug-likeness (QED) is 0.496. The van der Waals surface area contributed by atoms with E-state index in [-0.39, 0.29) is 11.7 Å². The first kappa shape index (κ1) is 17.4. The number of hydrogen-bond acceptors (Lipinski definition) is 3. The Balaban J connectivity index is 2.63. The van der Waals surface area contributed by atoms with Gasteiger partial charge in [-0.2, -0.15) is 0 Å². The van der Waals surface area contributed by atoms with Gasteiger partial charge in [0.2, 0.25) is 7.37 Å². The molecule has 0 saturated heterocycles. The first-order chi connectivity index (χ1) is 9.36. The largest absolute Gasteiger partial charge is 0.478 e. The number of nitrogens with two attached hydrogens (primary N) is 1. The Labute approximate surface area is 120 Å². The first-order valence-corrected chi connectivity index (χ1v) is 9.27. The summed E-state index contributed by atoms with van der Waals surface area (Å²) >= 11 is 0. The smallest absolute Gasteiger partial charge is 0.331 e. The summed E-state index contributed by atoms with van der Waals surface area (Å²) in [5, 5.41) is 9.03. The molecule has 0 amide bonds. The fraction of sp³-hybridized carbons (Fsp3) is 0.786. The van der Waals surface area contributed by atoms with Crippen LogP contribution in [0.25, 0.3) is 0 Å². The van der Waals surface area contributed by atoms with Crippen LogP contribution in [-0.4, -0.2) is 27.9 Å². The molecular weight excluding hydrogens is 277 g/mol. The maximum absolute atomic E-state index is 12.3. The minimum absolute atomic E-state index is 0.00238. The molecule has 0 aromatic rings. The standard InChI is InChI=1S/C14H26NO4P/c1-2-6-12(14(16)17)10-20(18,19)13(15)9-11-7-4-3-5-8-11/h6,11,13H,2-5,7-10,15H2,1H3,(H,16,17)(H,18,19)/b12-6+/t13-/m1/s1. The van der Waals surface area contributed by atoms with E-state index in [9.17, 15) is 14.3 Å². The van der Waals surface area contributed by atoms with Crippen molar-refractivity contribution in [2.24, 2.45) is 11.7 Å². The number of carbonyl (C=O) groups is 1. The Morgan fingerprint density at radius 2 is 2.00 bits per heavy atom. The summed E-state index contributed by atoms with van der Waals surface area (Å²) in [5.41, 5.74) is 5.89. The number of rotatable bonds is 7. The minimum atomic E-state index is -3.66. The maximum Gasteiger partial charge on any atom is 0.331 e. The molecule has 4 N–H and O–H groups in total. The molecule has 1 aliphatic carbocycles. The van der Waals surface area contributed by atoms with E-state index in [0.29, 0.717) is 18.8 Å². The molecule has 0 radical (unpaired) electrons. The molecule has 2 atom stereocenters. The van der Waals surface area contributed by atoms with Crippen LogP contribution in [0.4, 0.5) is 0 Å². The third-order valence-corrected chi connectivity index (χ3v) is 5.98. The average molecular weight is 303 g/mol. The summed E-state index contributed by atoms with van der Waals surface area (Å²) in [6.07, 6.45) is 7.86. The van der Waals surface area contributed by atoms with Gasteiger partial charge in [-0.3, -0.25) is 4.57 Å². The molecular formula is C14H26NO4P. The summed E-state index contributed by atoms with van der Waals surface area (Å²) in [6.45, 7) is 1.80. The molecule has 0 aromatic carbocycles. The van der Waals surface area contributed by atoms with Crippen LogP contribution in [0.1, 0.15) is 51.9 Å². The monoisotopic (exact) mass is 303 g/mol. The lowest BCUT2D eigenvalue weighted by Crippen LogP contribution is -2.27. The van der Waals surface area contributed by atoms with Crippen LogP contribution in [0.15, 0.2) is 11.6 Å². The highest BCUT2D eigenvalue weighted by Crippen LogP contribution is 2.48. The topological polar surface area (TPSA) is 101 Å². The molecule has 20 heavy (non-hydrogen) atoms. The molecule has 6 heteroatoms. The Kier molecular flexibility index (Phi) is 6.93. The van der Waals surface area contributed by atoms with Crippen molar-refractivity contribution in [3.8, 4) is 0 Å². The van der Waals surface area contributed by atoms with Gasteiger partial charge in [0.1, 0.15) is 0 Å². The van der Waals surface area contributed by atoms with Crippen molar-refractivity contribution in [2.45, 2.75) is 57.7 Å². The molecule has 116 valence electrons. The number of hydrogen-bond donors (Lipinski definition) is 3. The van der Waals surface area contributed by atoms with E-state index in [1.165, 1.54) is 12.5 Å². The molecule has 5 nitrogen and oxygen atoms in total. The van der Waals surface area contributed by atoms with Crippen LogP contribution < -0.4 is 5.73 Å². The SMILES string of the molecule is CC/C=C(\CP(=O)(O)[C@@H](N)CC1CCCCC1)C(=O)O. The highest BCUT2D eigenvalue weighted by molar-refractivity contribution is 7.59. The number of allylic oxidation sites excluding steroid dienone is 1. The van der Waals surface area contributed by atoms with Gasteiger partial charge in [0.15, 0.2) is 0 Å². The van der Waals surface area contributed by atoms with Gasteiger partial charge in [-0.25, -0.2) is 4.79 Å². The van der Waals surface area contributed by atoms with E-state index in [2.05, 4.69) is 0 Å². The van der Waals surface area contributed by atoms with Crippen molar-refractivity contribution in [2.75, 3.05) is 6.16 Å². The van der Waals surface area contributed by atoms with E-state index in [1.54, 1.807) is 6.92 Å². The fourth-order valence-electron chi connectivity index (χ4n) is 2.76. The van der Waals surface area contributed by atoms with E-state index < -0.39 is 19.1 Å². The van der Waals surface area contributed by atoms with Gasteiger partial charge in [-0.1, -0.05) is 45.1 Å². The lowest BCUT2D eigenvalue weighted by molar-refractivity contribution is -0.132. The van der Waals surface area contributed by atoms with Gasteiger partial charge in [0.25, 0.3) is 0 Å². The third kappa shape index (κ3) is 5.39. The predicted octanol–water partition coefficient (Wildman–Crippen LogP) is 2.93. The molecule has 1 fully saturated rings. The Bertz CT molecular complexity index is 402. The Morgan fingerprint density at radius 1 is 1.40 bits per heavy atom. The normalized spacial score (nSPS) is 22.2. The van der Waals surface area contributed by atoms with Gasteiger partial charge >= 0.3 is 5.97 Å². The summed E-state index contributed by atoms with van der Waals surface area (Å²) in [6, 6.07) is 0. The zero-order chi connectivity index (χ0) is 15.2. The molecule has 1 unspecified atom stereocenters. The van der Waals surface area contributed by atoms with E-state index in [0.717, 1.165) is 25.7 Å².